The third-order valence-corrected chi connectivity index (χ3v) is 2.72. The highest BCUT2D eigenvalue weighted by Gasteiger charge is 2.08. The molecule has 0 spiro atoms. The average molecular weight is 259 g/mol. The van der Waals surface area contributed by atoms with Crippen molar-refractivity contribution in [2.75, 3.05) is 0 Å². The number of amides is 1. The van der Waals surface area contributed by atoms with E-state index in [-0.39, 0.29) is 5.91 Å². The molecule has 19 heavy (non-hydrogen) atoms. The van der Waals surface area contributed by atoms with Gasteiger partial charge in [0.05, 0.1) is 12.7 Å². The summed E-state index contributed by atoms with van der Waals surface area (Å²) in [5.41, 5.74) is 2.08. The van der Waals surface area contributed by atoms with Crippen molar-refractivity contribution < 1.29 is 9.90 Å². The second-order valence-electron chi connectivity index (χ2n) is 4.43. The van der Waals surface area contributed by atoms with Crippen LogP contribution in [0.1, 0.15) is 18.1 Å². The Morgan fingerprint density at radius 3 is 2.79 bits per heavy atom. The second kappa shape index (κ2) is 6.15. The Bertz CT molecular complexity index is 535. The summed E-state index contributed by atoms with van der Waals surface area (Å²) < 4.78 is 1.82. The molecule has 5 nitrogen and oxygen atoms in total. The van der Waals surface area contributed by atoms with Gasteiger partial charge in [-0.25, -0.2) is 0 Å². The van der Waals surface area contributed by atoms with Crippen LogP contribution in [-0.4, -0.2) is 26.9 Å². The largest absolute Gasteiger partial charge is 0.384 e. The van der Waals surface area contributed by atoms with E-state index >= 15 is 0 Å². The zero-order chi connectivity index (χ0) is 13.7. The van der Waals surface area contributed by atoms with Gasteiger partial charge in [-0.15, -0.1) is 0 Å². The number of aliphatic hydroxyl groups is 1. The molecule has 5 heteroatoms. The molecule has 2 aromatic rings. The van der Waals surface area contributed by atoms with Crippen LogP contribution in [0.15, 0.2) is 42.7 Å². The first-order valence-electron chi connectivity index (χ1n) is 6.16. The molecule has 2 rings (SSSR count). The minimum absolute atomic E-state index is 0.374. The number of hydrogen-bond donors (Lipinski definition) is 2. The highest BCUT2D eigenvalue weighted by atomic mass is 16.3. The molecule has 0 bridgehead atoms. The zero-order valence-electron chi connectivity index (χ0n) is 10.8. The van der Waals surface area contributed by atoms with E-state index < -0.39 is 6.10 Å². The van der Waals surface area contributed by atoms with E-state index in [1.165, 1.54) is 12.5 Å². The Kier molecular flexibility index (Phi) is 4.30. The van der Waals surface area contributed by atoms with E-state index in [9.17, 15) is 4.79 Å². The Labute approximate surface area is 111 Å². The molecule has 1 unspecified atom stereocenters. The van der Waals surface area contributed by atoms with Crippen molar-refractivity contribution >= 4 is 5.91 Å². The van der Waals surface area contributed by atoms with Gasteiger partial charge in [0.25, 0.3) is 0 Å². The van der Waals surface area contributed by atoms with Gasteiger partial charge in [0.1, 0.15) is 6.10 Å². The maximum absolute atomic E-state index is 11.2. The number of carbonyl (C=O) groups excluding carboxylic acids is 1. The van der Waals surface area contributed by atoms with Crippen molar-refractivity contribution in [1.29, 1.82) is 0 Å². The summed E-state index contributed by atoms with van der Waals surface area (Å²) in [4.78, 5) is 11.2. The van der Waals surface area contributed by atoms with Crippen molar-refractivity contribution in [2.45, 2.75) is 26.1 Å². The van der Waals surface area contributed by atoms with Gasteiger partial charge in [-0.05, 0) is 12.5 Å². The fraction of sp³-hybridized carbons (Fsp3) is 0.286. The number of nitrogens with zero attached hydrogens (tertiary/aromatic N) is 2. The van der Waals surface area contributed by atoms with Gasteiger partial charge in [0.15, 0.2) is 0 Å². The molecule has 1 aromatic heterocycles. The standard InChI is InChI=1S/C14H17N3O2/c1-11(18)14(19)15-7-13-8-16-17(10-13)9-12-5-3-2-4-6-12/h2-6,8,10-11,18H,7,9H2,1H3,(H,15,19). The van der Waals surface area contributed by atoms with Crippen molar-refractivity contribution in [3.05, 3.63) is 53.9 Å². The van der Waals surface area contributed by atoms with E-state index in [1.54, 1.807) is 6.20 Å². The molecule has 0 aliphatic rings. The predicted molar refractivity (Wildman–Crippen MR) is 71.3 cm³/mol. The molecule has 0 fully saturated rings. The molecule has 1 aromatic carbocycles. The Morgan fingerprint density at radius 1 is 1.37 bits per heavy atom. The first-order chi connectivity index (χ1) is 9.15. The van der Waals surface area contributed by atoms with Crippen LogP contribution in [0.3, 0.4) is 0 Å². The lowest BCUT2D eigenvalue weighted by Crippen LogP contribution is -2.31. The molecular formula is C14H17N3O2. The number of aromatic nitrogens is 2. The van der Waals surface area contributed by atoms with Crippen molar-refractivity contribution in [3.8, 4) is 0 Å². The van der Waals surface area contributed by atoms with Crippen molar-refractivity contribution in [2.24, 2.45) is 0 Å². The van der Waals surface area contributed by atoms with Crippen LogP contribution in [0.2, 0.25) is 0 Å². The van der Waals surface area contributed by atoms with Crippen molar-refractivity contribution in [3.63, 3.8) is 0 Å². The normalized spacial score (nSPS) is 12.1. The molecule has 0 aliphatic heterocycles. The summed E-state index contributed by atoms with van der Waals surface area (Å²) in [7, 11) is 0. The highest BCUT2D eigenvalue weighted by molar-refractivity contribution is 5.79. The van der Waals surface area contributed by atoms with Gasteiger partial charge < -0.3 is 10.4 Å². The topological polar surface area (TPSA) is 67.2 Å². The lowest BCUT2D eigenvalue weighted by atomic mass is 10.2. The van der Waals surface area contributed by atoms with E-state index in [0.29, 0.717) is 13.1 Å². The van der Waals surface area contributed by atoms with E-state index in [4.69, 9.17) is 5.11 Å². The summed E-state index contributed by atoms with van der Waals surface area (Å²) in [6, 6.07) is 10.0. The first kappa shape index (κ1) is 13.3. The van der Waals surface area contributed by atoms with Crippen LogP contribution < -0.4 is 5.32 Å². The lowest BCUT2D eigenvalue weighted by Gasteiger charge is -2.05. The fourth-order valence-electron chi connectivity index (χ4n) is 1.69. The Hall–Kier alpha value is -2.14. The number of aliphatic hydroxyl groups excluding tert-OH is 1. The zero-order valence-corrected chi connectivity index (χ0v) is 10.8. The molecule has 0 saturated heterocycles. The Balaban J connectivity index is 1.91. The van der Waals surface area contributed by atoms with E-state index in [0.717, 1.165) is 5.56 Å². The fourth-order valence-corrected chi connectivity index (χ4v) is 1.69. The maximum atomic E-state index is 11.2. The van der Waals surface area contributed by atoms with Crippen molar-refractivity contribution in [1.82, 2.24) is 15.1 Å². The molecule has 0 radical (unpaired) electrons. The molecule has 100 valence electrons. The lowest BCUT2D eigenvalue weighted by molar-refractivity contribution is -0.128. The summed E-state index contributed by atoms with van der Waals surface area (Å²) in [6.45, 7) is 2.51. The Morgan fingerprint density at radius 2 is 2.11 bits per heavy atom. The van der Waals surface area contributed by atoms with Crippen LogP contribution >= 0.6 is 0 Å². The summed E-state index contributed by atoms with van der Waals surface area (Å²) in [6.07, 6.45) is 2.61. The van der Waals surface area contributed by atoms with Gasteiger partial charge in [-0.2, -0.15) is 5.10 Å². The molecule has 1 amide bonds. The average Bonchev–Trinajstić information content (AvgIpc) is 2.84. The van der Waals surface area contributed by atoms with Crippen LogP contribution in [0, 0.1) is 0 Å². The molecule has 2 N–H and O–H groups in total. The summed E-state index contributed by atoms with van der Waals surface area (Å²) >= 11 is 0. The maximum Gasteiger partial charge on any atom is 0.248 e. The minimum Gasteiger partial charge on any atom is -0.384 e. The van der Waals surface area contributed by atoms with E-state index in [1.807, 2.05) is 41.2 Å². The number of nitrogens with one attached hydrogen (secondary N) is 1. The third kappa shape index (κ3) is 3.93. The predicted octanol–water partition coefficient (Wildman–Crippen LogP) is 0.928. The first-order valence-corrected chi connectivity index (χ1v) is 6.16. The van der Waals surface area contributed by atoms with Gasteiger partial charge in [-0.3, -0.25) is 9.48 Å². The summed E-state index contributed by atoms with van der Waals surface area (Å²) in [5.74, 6) is -0.379. The number of benzene rings is 1. The molecular weight excluding hydrogens is 242 g/mol. The number of rotatable bonds is 5. The monoisotopic (exact) mass is 259 g/mol. The SMILES string of the molecule is CC(O)C(=O)NCc1cnn(Cc2ccccc2)c1. The van der Waals surface area contributed by atoms with Gasteiger partial charge in [-0.1, -0.05) is 30.3 Å². The third-order valence-electron chi connectivity index (χ3n) is 2.72. The van der Waals surface area contributed by atoms with Crippen LogP contribution in [0.4, 0.5) is 0 Å². The van der Waals surface area contributed by atoms with Crippen LogP contribution in [-0.2, 0) is 17.9 Å². The number of carbonyl (C=O) groups is 1. The van der Waals surface area contributed by atoms with Gasteiger partial charge in [0.2, 0.25) is 5.91 Å². The van der Waals surface area contributed by atoms with Crippen LogP contribution in [0.5, 0.6) is 0 Å². The van der Waals surface area contributed by atoms with Crippen LogP contribution in [0.25, 0.3) is 0 Å². The summed E-state index contributed by atoms with van der Waals surface area (Å²) in [5, 5.41) is 15.9. The molecule has 0 saturated carbocycles. The molecule has 1 atom stereocenters. The highest BCUT2D eigenvalue weighted by Crippen LogP contribution is 2.03. The second-order valence-corrected chi connectivity index (χ2v) is 4.43. The van der Waals surface area contributed by atoms with E-state index in [2.05, 4.69) is 10.4 Å². The smallest absolute Gasteiger partial charge is 0.248 e. The minimum atomic E-state index is -0.987. The molecule has 1 heterocycles. The molecule has 0 aliphatic carbocycles. The quantitative estimate of drug-likeness (QED) is 0.839. The number of hydrogen-bond acceptors (Lipinski definition) is 3. The van der Waals surface area contributed by atoms with Gasteiger partial charge >= 0.3 is 0 Å². The van der Waals surface area contributed by atoms with Gasteiger partial charge in [0, 0.05) is 18.3 Å².